The van der Waals surface area contributed by atoms with Gasteiger partial charge in [-0.25, -0.2) is 0 Å². The van der Waals surface area contributed by atoms with E-state index in [9.17, 15) is 0 Å². The molecule has 4 aliphatic carbocycles. The lowest BCUT2D eigenvalue weighted by Crippen LogP contribution is -2.34. The number of rotatable bonds is 7. The molecular formula is C50H36N2. The molecule has 0 aromatic heterocycles. The molecule has 0 saturated carbocycles. The smallest absolute Gasteiger partial charge is 0.0540 e. The van der Waals surface area contributed by atoms with Crippen molar-refractivity contribution in [3.8, 4) is 11.1 Å². The number of hydrogen-bond acceptors (Lipinski definition) is 2. The molecule has 0 N–H and O–H groups in total. The summed E-state index contributed by atoms with van der Waals surface area (Å²) in [6, 6.07) is 54.6. The number of nitrogens with zero attached hydrogens (tertiary/aromatic N) is 2. The van der Waals surface area contributed by atoms with E-state index in [1.807, 2.05) is 0 Å². The minimum absolute atomic E-state index is 0.314. The Bertz CT molecular complexity index is 2540. The molecule has 246 valence electrons. The van der Waals surface area contributed by atoms with Crippen molar-refractivity contribution >= 4 is 39.2 Å². The van der Waals surface area contributed by atoms with Gasteiger partial charge in [-0.1, -0.05) is 146 Å². The summed E-state index contributed by atoms with van der Waals surface area (Å²) >= 11 is 0. The Morgan fingerprint density at radius 2 is 0.923 bits per heavy atom. The highest BCUT2D eigenvalue weighted by Crippen LogP contribution is 2.52. The SMILES string of the molecule is C1=CC2=CC=C3C=CC=C4C(N(c5ccccc5)c5ccc(-c6ccc(N(c7ccccc7)c7cccc8ccccc78)cc6)cc5)=CC(=C1)C2C34. The minimum Gasteiger partial charge on any atom is -0.310 e. The number of anilines is 5. The van der Waals surface area contributed by atoms with E-state index >= 15 is 0 Å². The van der Waals surface area contributed by atoms with Gasteiger partial charge in [0.1, 0.15) is 0 Å². The summed E-state index contributed by atoms with van der Waals surface area (Å²) in [4.78, 5) is 4.79. The molecule has 0 heterocycles. The van der Waals surface area contributed by atoms with E-state index in [0.717, 1.165) is 28.4 Å². The lowest BCUT2D eigenvalue weighted by molar-refractivity contribution is 0.553. The molecule has 0 saturated heterocycles. The lowest BCUT2D eigenvalue weighted by atomic mass is 9.63. The molecule has 2 atom stereocenters. The molecule has 0 aliphatic heterocycles. The van der Waals surface area contributed by atoms with Crippen molar-refractivity contribution < 1.29 is 0 Å². The van der Waals surface area contributed by atoms with E-state index < -0.39 is 0 Å². The van der Waals surface area contributed by atoms with Crippen LogP contribution in [0.15, 0.2) is 234 Å². The molecule has 6 aromatic carbocycles. The fourth-order valence-electron chi connectivity index (χ4n) is 8.42. The van der Waals surface area contributed by atoms with Gasteiger partial charge in [-0.05, 0) is 99.5 Å². The van der Waals surface area contributed by atoms with Crippen LogP contribution in [0, 0.1) is 11.8 Å². The number of para-hydroxylation sites is 2. The molecule has 0 spiro atoms. The van der Waals surface area contributed by atoms with Gasteiger partial charge < -0.3 is 9.80 Å². The second-order valence-corrected chi connectivity index (χ2v) is 13.8. The maximum Gasteiger partial charge on any atom is 0.0540 e. The van der Waals surface area contributed by atoms with Crippen LogP contribution in [0.4, 0.5) is 28.4 Å². The van der Waals surface area contributed by atoms with Crippen molar-refractivity contribution in [2.75, 3.05) is 9.80 Å². The fraction of sp³-hybridized carbons (Fsp3) is 0.0400. The number of fused-ring (bicyclic) bond motifs is 1. The Balaban J connectivity index is 1.02. The Kier molecular flexibility index (Phi) is 7.32. The zero-order valence-electron chi connectivity index (χ0n) is 28.7. The molecule has 0 fully saturated rings. The molecule has 52 heavy (non-hydrogen) atoms. The first-order valence-electron chi connectivity index (χ1n) is 18.1. The third kappa shape index (κ3) is 5.11. The van der Waals surface area contributed by atoms with Gasteiger partial charge in [0.25, 0.3) is 0 Å². The number of hydrogen-bond donors (Lipinski definition) is 0. The van der Waals surface area contributed by atoms with Gasteiger partial charge in [-0.15, -0.1) is 0 Å². The quantitative estimate of drug-likeness (QED) is 0.168. The Morgan fingerprint density at radius 1 is 0.385 bits per heavy atom. The van der Waals surface area contributed by atoms with Crippen LogP contribution in [0.5, 0.6) is 0 Å². The largest absolute Gasteiger partial charge is 0.310 e. The van der Waals surface area contributed by atoms with Crippen molar-refractivity contribution in [1.29, 1.82) is 0 Å². The third-order valence-electron chi connectivity index (χ3n) is 10.8. The topological polar surface area (TPSA) is 6.48 Å². The number of allylic oxidation sites excluding steroid dienone is 13. The molecule has 0 amide bonds. The normalized spacial score (nSPS) is 18.0. The van der Waals surface area contributed by atoms with Gasteiger partial charge in [0, 0.05) is 40.0 Å². The molecule has 2 unspecified atom stereocenters. The third-order valence-corrected chi connectivity index (χ3v) is 10.8. The van der Waals surface area contributed by atoms with Crippen molar-refractivity contribution in [2.45, 2.75) is 0 Å². The van der Waals surface area contributed by atoms with E-state index in [1.165, 1.54) is 49.9 Å². The first kappa shape index (κ1) is 30.2. The van der Waals surface area contributed by atoms with Crippen molar-refractivity contribution in [2.24, 2.45) is 11.8 Å². The van der Waals surface area contributed by atoms with E-state index in [0.29, 0.717) is 11.8 Å². The van der Waals surface area contributed by atoms with E-state index in [1.54, 1.807) is 0 Å². The van der Waals surface area contributed by atoms with Gasteiger partial charge in [0.2, 0.25) is 0 Å². The summed E-state index contributed by atoms with van der Waals surface area (Å²) in [5.74, 6) is 0.681. The highest BCUT2D eigenvalue weighted by Gasteiger charge is 2.41. The van der Waals surface area contributed by atoms with Gasteiger partial charge in [0.05, 0.1) is 11.4 Å². The Hall–Kier alpha value is -6.64. The maximum absolute atomic E-state index is 2.44. The fourth-order valence-corrected chi connectivity index (χ4v) is 8.42. The van der Waals surface area contributed by atoms with Crippen LogP contribution in [0.2, 0.25) is 0 Å². The zero-order chi connectivity index (χ0) is 34.4. The van der Waals surface area contributed by atoms with Crippen molar-refractivity contribution in [1.82, 2.24) is 0 Å². The van der Waals surface area contributed by atoms with Gasteiger partial charge in [-0.3, -0.25) is 0 Å². The number of benzene rings is 6. The molecule has 4 aliphatic rings. The molecule has 2 heteroatoms. The molecule has 6 aromatic rings. The van der Waals surface area contributed by atoms with Gasteiger partial charge in [0.15, 0.2) is 0 Å². The molecule has 0 bridgehead atoms. The van der Waals surface area contributed by atoms with Crippen LogP contribution in [0.25, 0.3) is 21.9 Å². The summed E-state index contributed by atoms with van der Waals surface area (Å²) in [6.07, 6.45) is 20.6. The van der Waals surface area contributed by atoms with E-state index in [-0.39, 0.29) is 0 Å². The van der Waals surface area contributed by atoms with E-state index in [2.05, 4.69) is 216 Å². The Morgan fingerprint density at radius 3 is 1.62 bits per heavy atom. The summed E-state index contributed by atoms with van der Waals surface area (Å²) < 4.78 is 0. The van der Waals surface area contributed by atoms with Crippen LogP contribution in [0.1, 0.15) is 0 Å². The molecule has 2 nitrogen and oxygen atoms in total. The van der Waals surface area contributed by atoms with Crippen molar-refractivity contribution in [3.05, 3.63) is 234 Å². The second-order valence-electron chi connectivity index (χ2n) is 13.8. The average Bonchev–Trinajstić information content (AvgIpc) is 3.22. The van der Waals surface area contributed by atoms with E-state index in [4.69, 9.17) is 0 Å². The standard InChI is InChI=1S/C50H36N2/c1-3-17-41(18-4-1)51(47-23-11-13-37-12-7-8-21-45(37)47)43-30-26-35(27-31-43)36-28-32-44(33-29-36)52(42-19-5-2-6-20-42)48-34-40-16-9-14-38-24-25-39-15-10-22-46(48)50(39)49(38)40/h1-34,49-50H. The predicted molar refractivity (Wildman–Crippen MR) is 218 cm³/mol. The first-order valence-corrected chi connectivity index (χ1v) is 18.1. The summed E-state index contributed by atoms with van der Waals surface area (Å²) in [5, 5.41) is 2.45. The molecule has 10 rings (SSSR count). The summed E-state index contributed by atoms with van der Waals surface area (Å²) in [7, 11) is 0. The zero-order valence-corrected chi connectivity index (χ0v) is 28.7. The summed E-state index contributed by atoms with van der Waals surface area (Å²) in [5.41, 5.74) is 14.8. The van der Waals surface area contributed by atoms with Crippen LogP contribution in [-0.4, -0.2) is 0 Å². The summed E-state index contributed by atoms with van der Waals surface area (Å²) in [6.45, 7) is 0. The average molecular weight is 665 g/mol. The van der Waals surface area contributed by atoms with Gasteiger partial charge in [-0.2, -0.15) is 0 Å². The highest BCUT2D eigenvalue weighted by atomic mass is 15.2. The maximum atomic E-state index is 2.44. The van der Waals surface area contributed by atoms with Crippen LogP contribution >= 0.6 is 0 Å². The molecule has 0 radical (unpaired) electrons. The van der Waals surface area contributed by atoms with Gasteiger partial charge >= 0.3 is 0 Å². The van der Waals surface area contributed by atoms with Crippen LogP contribution in [0.3, 0.4) is 0 Å². The Labute approximate surface area is 305 Å². The van der Waals surface area contributed by atoms with Crippen LogP contribution in [-0.2, 0) is 0 Å². The minimum atomic E-state index is 0.314. The van der Waals surface area contributed by atoms with Crippen molar-refractivity contribution in [3.63, 3.8) is 0 Å². The highest BCUT2D eigenvalue weighted by molar-refractivity contribution is 5.99. The lowest BCUT2D eigenvalue weighted by Gasteiger charge is -2.44. The van der Waals surface area contributed by atoms with Crippen LogP contribution < -0.4 is 9.80 Å². The molecular weight excluding hydrogens is 629 g/mol. The predicted octanol–water partition coefficient (Wildman–Crippen LogP) is 13.1. The monoisotopic (exact) mass is 664 g/mol. The second kappa shape index (κ2) is 12.6. The first-order chi connectivity index (χ1) is 25.8.